The van der Waals surface area contributed by atoms with Crippen LogP contribution in [-0.2, 0) is 30.6 Å². The number of urea groups is 1. The number of imide groups is 1. The number of ether oxygens (including phenoxy) is 2. The molecule has 0 bridgehead atoms. The number of nitrogens with two attached hydrogens (primary N) is 1. The fraction of sp³-hybridized carbons (Fsp3) is 0.350. The summed E-state index contributed by atoms with van der Waals surface area (Å²) in [5, 5.41) is 12.1. The van der Waals surface area contributed by atoms with Gasteiger partial charge in [0.2, 0.25) is 17.7 Å². The van der Waals surface area contributed by atoms with Crippen molar-refractivity contribution < 1.29 is 38.2 Å². The number of nitrogens with one attached hydrogen (secondary N) is 4. The molecule has 0 saturated heterocycles. The lowest BCUT2D eigenvalue weighted by Gasteiger charge is -2.25. The van der Waals surface area contributed by atoms with Crippen LogP contribution in [0.2, 0.25) is 15.1 Å². The quantitative estimate of drug-likeness (QED) is 0.0590. The molecule has 0 aliphatic carbocycles. The summed E-state index contributed by atoms with van der Waals surface area (Å²) < 4.78 is 12.0. The number of anilines is 1. The third-order valence-electron chi connectivity index (χ3n) is 8.69. The van der Waals surface area contributed by atoms with Gasteiger partial charge in [0.15, 0.2) is 11.5 Å². The fourth-order valence-electron chi connectivity index (χ4n) is 5.64. The summed E-state index contributed by atoms with van der Waals surface area (Å²) >= 11 is 18.5. The Morgan fingerprint density at radius 2 is 1.44 bits per heavy atom. The first-order valence-corrected chi connectivity index (χ1v) is 19.4. The van der Waals surface area contributed by atoms with E-state index >= 15 is 0 Å². The average molecular weight is 844 g/mol. The number of carbonyl (C=O) groups is 6. The molecule has 1 aliphatic rings. The smallest absolute Gasteiger partial charge is 0.312 e. The molecule has 17 heteroatoms. The molecule has 0 fully saturated rings. The summed E-state index contributed by atoms with van der Waals surface area (Å²) in [6.45, 7) is 4.12. The Bertz CT molecular complexity index is 1940. The van der Waals surface area contributed by atoms with Crippen LogP contribution >= 0.6 is 34.8 Å². The van der Waals surface area contributed by atoms with Gasteiger partial charge in [-0.1, -0.05) is 67.2 Å². The number of nitrogens with zero attached hydrogens (tertiary/aromatic N) is 1. The van der Waals surface area contributed by atoms with Crippen molar-refractivity contribution in [3.8, 4) is 17.2 Å². The summed E-state index contributed by atoms with van der Waals surface area (Å²) in [4.78, 5) is 75.7. The highest BCUT2D eigenvalue weighted by Crippen LogP contribution is 2.38. The van der Waals surface area contributed by atoms with E-state index < -0.39 is 29.9 Å². The number of hydrogen-bond acceptors (Lipinski definition) is 8. The highest BCUT2D eigenvalue weighted by atomic mass is 35.5. The minimum Gasteiger partial charge on any atom is -0.485 e. The summed E-state index contributed by atoms with van der Waals surface area (Å²) in [5.41, 5.74) is 6.39. The number of benzene rings is 3. The van der Waals surface area contributed by atoms with E-state index in [1.807, 2.05) is 0 Å². The highest BCUT2D eigenvalue weighted by Gasteiger charge is 2.29. The van der Waals surface area contributed by atoms with Crippen LogP contribution in [0.5, 0.6) is 17.2 Å². The predicted octanol–water partition coefficient (Wildman–Crippen LogP) is 6.52. The van der Waals surface area contributed by atoms with Crippen LogP contribution in [0.3, 0.4) is 0 Å². The van der Waals surface area contributed by atoms with Gasteiger partial charge in [0, 0.05) is 53.5 Å². The maximum absolute atomic E-state index is 13.5. The molecule has 1 aliphatic heterocycles. The Morgan fingerprint density at radius 3 is 2.09 bits per heavy atom. The summed E-state index contributed by atoms with van der Waals surface area (Å²) in [6.07, 6.45) is 4.69. The lowest BCUT2D eigenvalue weighted by atomic mass is 10.0. The molecule has 0 radical (unpaired) electrons. The zero-order valence-corrected chi connectivity index (χ0v) is 33.7. The number of carbonyl (C=O) groups excluding carboxylic acids is 6. The van der Waals surface area contributed by atoms with E-state index in [4.69, 9.17) is 50.0 Å². The Balaban J connectivity index is 1.33. The van der Waals surface area contributed by atoms with Gasteiger partial charge in [-0.25, -0.2) is 4.79 Å². The van der Waals surface area contributed by atoms with Crippen LogP contribution in [-0.4, -0.2) is 65.6 Å². The van der Waals surface area contributed by atoms with Gasteiger partial charge < -0.3 is 36.5 Å². The maximum Gasteiger partial charge on any atom is 0.312 e. The van der Waals surface area contributed by atoms with Gasteiger partial charge in [0.05, 0.1) is 5.02 Å². The van der Waals surface area contributed by atoms with E-state index in [2.05, 4.69) is 21.3 Å². The summed E-state index contributed by atoms with van der Waals surface area (Å²) in [7, 11) is 0. The molecule has 6 N–H and O–H groups in total. The Morgan fingerprint density at radius 1 is 0.772 bits per heavy atom. The number of hydrogen-bond donors (Lipinski definition) is 5. The van der Waals surface area contributed by atoms with Gasteiger partial charge in [-0.3, -0.25) is 28.9 Å². The number of rotatable bonds is 21. The van der Waals surface area contributed by atoms with Gasteiger partial charge in [-0.05, 0) is 79.6 Å². The normalized spacial score (nSPS) is 13.3. The number of halogens is 3. The van der Waals surface area contributed by atoms with Crippen molar-refractivity contribution >= 4 is 76.1 Å². The lowest BCUT2D eigenvalue weighted by molar-refractivity contribution is -0.137. The second-order valence-corrected chi connectivity index (χ2v) is 14.8. The zero-order valence-electron chi connectivity index (χ0n) is 31.4. The van der Waals surface area contributed by atoms with Crippen molar-refractivity contribution in [3.63, 3.8) is 0 Å². The maximum atomic E-state index is 13.5. The number of unbranched alkanes of at least 4 members (excludes halogenated alkanes) is 2. The van der Waals surface area contributed by atoms with Crippen molar-refractivity contribution in [2.75, 3.05) is 18.4 Å². The first-order valence-electron chi connectivity index (χ1n) is 18.3. The average Bonchev–Trinajstić information content (AvgIpc) is 3.48. The van der Waals surface area contributed by atoms with E-state index in [0.717, 1.165) is 10.5 Å². The van der Waals surface area contributed by atoms with Crippen molar-refractivity contribution in [1.82, 2.24) is 20.9 Å². The molecule has 0 aromatic heterocycles. The largest absolute Gasteiger partial charge is 0.485 e. The molecule has 4 rings (SSSR count). The Hall–Kier alpha value is -5.31. The molecular formula is C40H45Cl3N6O8. The van der Waals surface area contributed by atoms with Crippen LogP contribution in [0.4, 0.5) is 10.5 Å². The van der Waals surface area contributed by atoms with Crippen LogP contribution in [0.15, 0.2) is 72.8 Å². The molecule has 57 heavy (non-hydrogen) atoms. The molecule has 304 valence electrons. The third-order valence-corrected chi connectivity index (χ3v) is 9.45. The van der Waals surface area contributed by atoms with Crippen molar-refractivity contribution in [1.29, 1.82) is 0 Å². The van der Waals surface area contributed by atoms with E-state index in [-0.39, 0.29) is 56.2 Å². The van der Waals surface area contributed by atoms with E-state index in [9.17, 15) is 28.8 Å². The minimum absolute atomic E-state index is 0.130. The van der Waals surface area contributed by atoms with Gasteiger partial charge in [-0.15, -0.1) is 0 Å². The van der Waals surface area contributed by atoms with Crippen molar-refractivity contribution in [2.24, 2.45) is 11.7 Å². The van der Waals surface area contributed by atoms with E-state index in [1.165, 1.54) is 12.2 Å². The zero-order chi connectivity index (χ0) is 41.5. The van der Waals surface area contributed by atoms with E-state index in [1.54, 1.807) is 74.5 Å². The topological polar surface area (TPSA) is 198 Å². The van der Waals surface area contributed by atoms with Gasteiger partial charge >= 0.3 is 6.03 Å². The fourth-order valence-corrected chi connectivity index (χ4v) is 6.25. The molecule has 2 atom stereocenters. The second kappa shape index (κ2) is 21.8. The molecule has 1 unspecified atom stereocenters. The van der Waals surface area contributed by atoms with Gasteiger partial charge in [-0.2, -0.15) is 0 Å². The second-order valence-electron chi connectivity index (χ2n) is 13.5. The molecular weight excluding hydrogens is 799 g/mol. The van der Waals surface area contributed by atoms with Crippen LogP contribution in [0, 0.1) is 5.92 Å². The highest BCUT2D eigenvalue weighted by molar-refractivity contribution is 6.35. The molecule has 3 aromatic rings. The van der Waals surface area contributed by atoms with Gasteiger partial charge in [0.25, 0.3) is 11.8 Å². The molecule has 7 amide bonds. The Kier molecular flexibility index (Phi) is 17.0. The number of amides is 7. The van der Waals surface area contributed by atoms with Gasteiger partial charge in [0.1, 0.15) is 24.4 Å². The lowest BCUT2D eigenvalue weighted by Crippen LogP contribution is -2.54. The number of primary amides is 1. The molecule has 1 heterocycles. The van der Waals surface area contributed by atoms with Crippen molar-refractivity contribution in [2.45, 2.75) is 71.1 Å². The molecule has 0 saturated carbocycles. The summed E-state index contributed by atoms with van der Waals surface area (Å²) in [5.74, 6) is -1.28. The Labute approximate surface area is 345 Å². The predicted molar refractivity (Wildman–Crippen MR) is 217 cm³/mol. The SMILES string of the molecule is CC(C)C(NC(=O)CCCCCN1C(=O)C=CC1=O)C(=O)N[C@@H](CCCNC(N)=O)C(=O)Nc1ccc(COc2cc(Cl)ccc2Oc2ccc(Cl)cc2Cl)cc1. The van der Waals surface area contributed by atoms with Crippen LogP contribution in [0.25, 0.3) is 0 Å². The molecule has 3 aromatic carbocycles. The first kappa shape index (κ1) is 44.4. The van der Waals surface area contributed by atoms with Crippen LogP contribution in [0.1, 0.15) is 57.9 Å². The third kappa shape index (κ3) is 14.3. The minimum atomic E-state index is -1.02. The van der Waals surface area contributed by atoms with Crippen molar-refractivity contribution in [3.05, 3.63) is 93.4 Å². The first-order chi connectivity index (χ1) is 27.2. The monoisotopic (exact) mass is 842 g/mol. The molecule has 14 nitrogen and oxygen atoms in total. The standard InChI is InChI=1S/C40H45Cl3N6O8/c1-24(2)37(48-34(50)8-4-3-5-20-49-35(51)17-18-36(49)52)39(54)47-30(7-6-19-45-40(44)55)38(53)46-28-13-9-25(10-14-28)23-56-33-22-27(42)12-16-32(33)57-31-15-11-26(41)21-29(31)43/h9-18,21-22,24,30,37H,3-8,19-20,23H2,1-2H3,(H,46,53)(H,47,54)(H,48,50)(H3,44,45,55)/t30-,37?/m0/s1. The van der Waals surface area contributed by atoms with Crippen LogP contribution < -0.4 is 36.5 Å². The molecule has 0 spiro atoms. The summed E-state index contributed by atoms with van der Waals surface area (Å²) in [6, 6.07) is 14.0. The van der Waals surface area contributed by atoms with E-state index in [0.29, 0.717) is 63.7 Å².